The second kappa shape index (κ2) is 4.93. The Morgan fingerprint density at radius 2 is 2.00 bits per heavy atom. The third-order valence-corrected chi connectivity index (χ3v) is 4.95. The summed E-state index contributed by atoms with van der Waals surface area (Å²) in [6.07, 6.45) is 2.15. The van der Waals surface area contributed by atoms with Gasteiger partial charge in [-0.05, 0) is 32.9 Å². The van der Waals surface area contributed by atoms with Gasteiger partial charge in [0.15, 0.2) is 0 Å². The SMILES string of the molecule is CC1CN(CC2CCC(C)(C)C2=O)CC1N(C)C. The van der Waals surface area contributed by atoms with E-state index in [0.717, 1.165) is 32.5 Å². The van der Waals surface area contributed by atoms with Gasteiger partial charge in [0.2, 0.25) is 0 Å². The highest BCUT2D eigenvalue weighted by atomic mass is 16.1. The van der Waals surface area contributed by atoms with Gasteiger partial charge in [0, 0.05) is 37.0 Å². The van der Waals surface area contributed by atoms with Crippen LogP contribution in [0.4, 0.5) is 0 Å². The van der Waals surface area contributed by atoms with Crippen molar-refractivity contribution in [2.24, 2.45) is 17.3 Å². The summed E-state index contributed by atoms with van der Waals surface area (Å²) in [7, 11) is 4.32. The summed E-state index contributed by atoms with van der Waals surface area (Å²) in [6.45, 7) is 9.78. The summed E-state index contributed by atoms with van der Waals surface area (Å²) >= 11 is 0. The highest BCUT2D eigenvalue weighted by Crippen LogP contribution is 2.38. The average molecular weight is 252 g/mol. The summed E-state index contributed by atoms with van der Waals surface area (Å²) in [5.74, 6) is 1.49. The molecule has 0 aromatic carbocycles. The van der Waals surface area contributed by atoms with E-state index in [4.69, 9.17) is 0 Å². The van der Waals surface area contributed by atoms with E-state index in [1.165, 1.54) is 0 Å². The molecule has 0 radical (unpaired) electrons. The van der Waals surface area contributed by atoms with Crippen molar-refractivity contribution in [1.82, 2.24) is 9.80 Å². The quantitative estimate of drug-likeness (QED) is 0.766. The summed E-state index contributed by atoms with van der Waals surface area (Å²) < 4.78 is 0. The van der Waals surface area contributed by atoms with E-state index < -0.39 is 0 Å². The van der Waals surface area contributed by atoms with E-state index in [-0.39, 0.29) is 11.3 Å². The number of hydrogen-bond donors (Lipinski definition) is 0. The van der Waals surface area contributed by atoms with Gasteiger partial charge < -0.3 is 9.80 Å². The van der Waals surface area contributed by atoms with Crippen LogP contribution < -0.4 is 0 Å². The van der Waals surface area contributed by atoms with Crippen molar-refractivity contribution in [3.63, 3.8) is 0 Å². The van der Waals surface area contributed by atoms with E-state index in [1.807, 2.05) is 0 Å². The Hall–Kier alpha value is -0.410. The summed E-state index contributed by atoms with van der Waals surface area (Å²) in [4.78, 5) is 17.1. The molecule has 3 unspecified atom stereocenters. The Morgan fingerprint density at radius 3 is 2.44 bits per heavy atom. The molecule has 2 aliphatic rings. The first kappa shape index (κ1) is 14.0. The molecule has 0 aromatic rings. The molecule has 0 bridgehead atoms. The Labute approximate surface area is 112 Å². The molecule has 3 nitrogen and oxygen atoms in total. The van der Waals surface area contributed by atoms with Gasteiger partial charge in [-0.3, -0.25) is 4.79 Å². The third kappa shape index (κ3) is 2.62. The van der Waals surface area contributed by atoms with E-state index in [1.54, 1.807) is 0 Å². The normalized spacial score (nSPS) is 36.8. The zero-order valence-electron chi connectivity index (χ0n) is 12.6. The number of ketones is 1. The topological polar surface area (TPSA) is 23.6 Å². The summed E-state index contributed by atoms with van der Waals surface area (Å²) in [5, 5.41) is 0. The van der Waals surface area contributed by atoms with Crippen LogP contribution in [0.2, 0.25) is 0 Å². The number of nitrogens with zero attached hydrogens (tertiary/aromatic N) is 2. The van der Waals surface area contributed by atoms with Crippen LogP contribution in [0, 0.1) is 17.3 Å². The summed E-state index contributed by atoms with van der Waals surface area (Å²) in [6, 6.07) is 0.648. The van der Waals surface area contributed by atoms with Crippen LogP contribution in [0.25, 0.3) is 0 Å². The number of carbonyl (C=O) groups excluding carboxylic acids is 1. The number of hydrogen-bond acceptors (Lipinski definition) is 3. The second-order valence-corrected chi connectivity index (χ2v) is 7.21. The fraction of sp³-hybridized carbons (Fsp3) is 0.933. The van der Waals surface area contributed by atoms with Gasteiger partial charge in [-0.1, -0.05) is 20.8 Å². The minimum absolute atomic E-state index is 0.0725. The highest BCUT2D eigenvalue weighted by molar-refractivity contribution is 5.88. The molecule has 1 saturated heterocycles. The van der Waals surface area contributed by atoms with Gasteiger partial charge in [0.1, 0.15) is 5.78 Å². The number of likely N-dealkylation sites (N-methyl/N-ethyl adjacent to an activating group) is 1. The molecule has 2 rings (SSSR count). The van der Waals surface area contributed by atoms with E-state index in [0.29, 0.717) is 17.7 Å². The monoisotopic (exact) mass is 252 g/mol. The van der Waals surface area contributed by atoms with Crippen LogP contribution in [0.15, 0.2) is 0 Å². The second-order valence-electron chi connectivity index (χ2n) is 7.21. The zero-order valence-corrected chi connectivity index (χ0v) is 12.6. The van der Waals surface area contributed by atoms with Crippen molar-refractivity contribution in [3.05, 3.63) is 0 Å². The average Bonchev–Trinajstić information content (AvgIpc) is 2.74. The van der Waals surface area contributed by atoms with Gasteiger partial charge in [0.25, 0.3) is 0 Å². The minimum atomic E-state index is -0.0725. The molecule has 1 aliphatic carbocycles. The number of likely N-dealkylation sites (tertiary alicyclic amines) is 1. The van der Waals surface area contributed by atoms with Crippen molar-refractivity contribution in [2.45, 2.75) is 39.7 Å². The molecule has 1 aliphatic heterocycles. The molecule has 104 valence electrons. The highest BCUT2D eigenvalue weighted by Gasteiger charge is 2.42. The van der Waals surface area contributed by atoms with Gasteiger partial charge in [-0.2, -0.15) is 0 Å². The first-order chi connectivity index (χ1) is 8.31. The first-order valence-corrected chi connectivity index (χ1v) is 7.24. The lowest BCUT2D eigenvalue weighted by atomic mass is 9.89. The molecule has 0 spiro atoms. The predicted octanol–water partition coefficient (Wildman–Crippen LogP) is 1.87. The van der Waals surface area contributed by atoms with E-state index >= 15 is 0 Å². The molecule has 2 fully saturated rings. The van der Waals surface area contributed by atoms with E-state index in [9.17, 15) is 4.79 Å². The maximum Gasteiger partial charge on any atom is 0.142 e. The number of rotatable bonds is 3. The van der Waals surface area contributed by atoms with Crippen LogP contribution in [-0.4, -0.2) is 55.4 Å². The van der Waals surface area contributed by atoms with Crippen molar-refractivity contribution >= 4 is 5.78 Å². The molecule has 0 amide bonds. The fourth-order valence-corrected chi connectivity index (χ4v) is 3.70. The molecular weight excluding hydrogens is 224 g/mol. The lowest BCUT2D eigenvalue weighted by Gasteiger charge is -2.23. The Morgan fingerprint density at radius 1 is 1.33 bits per heavy atom. The van der Waals surface area contributed by atoms with Crippen LogP contribution in [0.5, 0.6) is 0 Å². The van der Waals surface area contributed by atoms with Crippen molar-refractivity contribution in [2.75, 3.05) is 33.7 Å². The minimum Gasteiger partial charge on any atom is -0.305 e. The van der Waals surface area contributed by atoms with Crippen molar-refractivity contribution in [1.29, 1.82) is 0 Å². The third-order valence-electron chi connectivity index (χ3n) is 4.95. The van der Waals surface area contributed by atoms with Crippen LogP contribution in [0.1, 0.15) is 33.6 Å². The van der Waals surface area contributed by atoms with Crippen molar-refractivity contribution in [3.8, 4) is 0 Å². The van der Waals surface area contributed by atoms with Crippen molar-refractivity contribution < 1.29 is 4.79 Å². The number of Topliss-reactive ketones (excluding diaryl/α,β-unsaturated/α-hetero) is 1. The fourth-order valence-electron chi connectivity index (χ4n) is 3.70. The Bertz CT molecular complexity index is 324. The number of carbonyl (C=O) groups is 1. The Balaban J connectivity index is 1.91. The predicted molar refractivity (Wildman–Crippen MR) is 74.6 cm³/mol. The molecule has 3 heteroatoms. The maximum absolute atomic E-state index is 12.3. The standard InChI is InChI=1S/C15H28N2O/c1-11-8-17(10-13(11)16(4)5)9-12-6-7-15(2,3)14(12)18/h11-13H,6-10H2,1-5H3. The zero-order chi connectivity index (χ0) is 13.5. The lowest BCUT2D eigenvalue weighted by molar-refractivity contribution is -0.127. The molecular formula is C15H28N2O. The first-order valence-electron chi connectivity index (χ1n) is 7.24. The van der Waals surface area contributed by atoms with E-state index in [2.05, 4.69) is 44.7 Å². The lowest BCUT2D eigenvalue weighted by Crippen LogP contribution is -2.36. The van der Waals surface area contributed by atoms with Gasteiger partial charge >= 0.3 is 0 Å². The molecule has 0 N–H and O–H groups in total. The van der Waals surface area contributed by atoms with Gasteiger partial charge in [-0.15, -0.1) is 0 Å². The smallest absolute Gasteiger partial charge is 0.142 e. The molecule has 1 heterocycles. The van der Waals surface area contributed by atoms with Gasteiger partial charge in [0.05, 0.1) is 0 Å². The van der Waals surface area contributed by atoms with Crippen LogP contribution in [0.3, 0.4) is 0 Å². The summed E-state index contributed by atoms with van der Waals surface area (Å²) in [5.41, 5.74) is -0.0725. The van der Waals surface area contributed by atoms with Gasteiger partial charge in [-0.25, -0.2) is 0 Å². The largest absolute Gasteiger partial charge is 0.305 e. The molecule has 0 aromatic heterocycles. The van der Waals surface area contributed by atoms with Crippen LogP contribution in [-0.2, 0) is 4.79 Å². The Kier molecular flexibility index (Phi) is 3.84. The molecule has 18 heavy (non-hydrogen) atoms. The molecule has 3 atom stereocenters. The molecule has 1 saturated carbocycles. The maximum atomic E-state index is 12.3. The van der Waals surface area contributed by atoms with Crippen LogP contribution >= 0.6 is 0 Å².